The van der Waals surface area contributed by atoms with E-state index in [2.05, 4.69) is 16.0 Å². The number of amides is 2. The summed E-state index contributed by atoms with van der Waals surface area (Å²) in [6, 6.07) is 2.72. The number of benzene rings is 1. The summed E-state index contributed by atoms with van der Waals surface area (Å²) in [6.45, 7) is 2.64. The lowest BCUT2D eigenvalue weighted by molar-refractivity contribution is -0.137. The molecule has 1 aliphatic rings. The molecule has 5 nitrogen and oxygen atoms in total. The van der Waals surface area contributed by atoms with Crippen molar-refractivity contribution in [3.63, 3.8) is 0 Å². The van der Waals surface area contributed by atoms with E-state index in [1.54, 1.807) is 0 Å². The van der Waals surface area contributed by atoms with Crippen LogP contribution in [0.1, 0.15) is 35.7 Å². The first-order valence-electron chi connectivity index (χ1n) is 7.27. The van der Waals surface area contributed by atoms with Crippen molar-refractivity contribution in [2.75, 3.05) is 18.4 Å². The Morgan fingerprint density at radius 1 is 1.25 bits per heavy atom. The van der Waals surface area contributed by atoms with Crippen LogP contribution in [0.2, 0.25) is 0 Å². The SMILES string of the molecule is CC(=O)Nc1cc(C(=O)N[C@H]2CCCNC2)cc(C(F)(F)F)c1.Cl. The van der Waals surface area contributed by atoms with Crippen LogP contribution in [0.25, 0.3) is 0 Å². The lowest BCUT2D eigenvalue weighted by Gasteiger charge is -2.24. The summed E-state index contributed by atoms with van der Waals surface area (Å²) in [5.41, 5.74) is -1.16. The van der Waals surface area contributed by atoms with E-state index in [0.29, 0.717) is 6.54 Å². The fraction of sp³-hybridized carbons (Fsp3) is 0.467. The Kier molecular flexibility index (Phi) is 7.04. The Hall–Kier alpha value is -1.80. The number of halogens is 4. The Labute approximate surface area is 143 Å². The van der Waals surface area contributed by atoms with Gasteiger partial charge in [-0.3, -0.25) is 9.59 Å². The Morgan fingerprint density at radius 2 is 1.96 bits per heavy atom. The highest BCUT2D eigenvalue weighted by atomic mass is 35.5. The molecule has 1 fully saturated rings. The smallest absolute Gasteiger partial charge is 0.348 e. The summed E-state index contributed by atoms with van der Waals surface area (Å²) in [7, 11) is 0. The van der Waals surface area contributed by atoms with Gasteiger partial charge in [0, 0.05) is 30.8 Å². The number of nitrogens with one attached hydrogen (secondary N) is 3. The maximum Gasteiger partial charge on any atom is 0.416 e. The van der Waals surface area contributed by atoms with Crippen molar-refractivity contribution in [2.45, 2.75) is 32.0 Å². The second kappa shape index (κ2) is 8.34. The zero-order valence-corrected chi connectivity index (χ0v) is 13.8. The van der Waals surface area contributed by atoms with Crippen LogP contribution in [0.4, 0.5) is 18.9 Å². The van der Waals surface area contributed by atoms with Gasteiger partial charge in [0.2, 0.25) is 5.91 Å². The fourth-order valence-corrected chi connectivity index (χ4v) is 2.44. The van der Waals surface area contributed by atoms with Gasteiger partial charge in [0.05, 0.1) is 5.56 Å². The molecule has 1 aromatic carbocycles. The molecule has 2 amide bonds. The van der Waals surface area contributed by atoms with Crippen molar-refractivity contribution in [1.82, 2.24) is 10.6 Å². The predicted molar refractivity (Wildman–Crippen MR) is 86.4 cm³/mol. The molecule has 2 rings (SSSR count). The van der Waals surface area contributed by atoms with Crippen LogP contribution in [0.15, 0.2) is 18.2 Å². The zero-order chi connectivity index (χ0) is 17.0. The molecule has 0 aliphatic carbocycles. The summed E-state index contributed by atoms with van der Waals surface area (Å²) < 4.78 is 38.9. The van der Waals surface area contributed by atoms with Crippen molar-refractivity contribution < 1.29 is 22.8 Å². The second-order valence-corrected chi connectivity index (χ2v) is 5.49. The van der Waals surface area contributed by atoms with Gasteiger partial charge in [-0.15, -0.1) is 12.4 Å². The minimum Gasteiger partial charge on any atom is -0.348 e. The molecule has 0 unspecified atom stereocenters. The van der Waals surface area contributed by atoms with Gasteiger partial charge in [-0.05, 0) is 37.6 Å². The molecule has 0 bridgehead atoms. The third-order valence-electron chi connectivity index (χ3n) is 3.47. The molecule has 1 aliphatic heterocycles. The molecule has 0 aromatic heterocycles. The molecule has 0 spiro atoms. The van der Waals surface area contributed by atoms with Gasteiger partial charge in [0.1, 0.15) is 0 Å². The number of carbonyl (C=O) groups excluding carboxylic acids is 2. The van der Waals surface area contributed by atoms with Crippen LogP contribution in [-0.2, 0) is 11.0 Å². The van der Waals surface area contributed by atoms with Gasteiger partial charge in [-0.2, -0.15) is 13.2 Å². The predicted octanol–water partition coefficient (Wildman–Crippen LogP) is 2.57. The highest BCUT2D eigenvalue weighted by Gasteiger charge is 2.32. The number of hydrogen-bond donors (Lipinski definition) is 3. The Bertz CT molecular complexity index is 602. The van der Waals surface area contributed by atoms with E-state index in [9.17, 15) is 22.8 Å². The molecular formula is C15H19ClF3N3O2. The molecule has 1 heterocycles. The maximum atomic E-state index is 13.0. The van der Waals surface area contributed by atoms with Gasteiger partial charge in [-0.25, -0.2) is 0 Å². The van der Waals surface area contributed by atoms with Crippen molar-refractivity contribution in [3.8, 4) is 0 Å². The monoisotopic (exact) mass is 365 g/mol. The molecule has 0 radical (unpaired) electrons. The van der Waals surface area contributed by atoms with Gasteiger partial charge in [0.15, 0.2) is 0 Å². The summed E-state index contributed by atoms with van der Waals surface area (Å²) >= 11 is 0. The molecule has 3 N–H and O–H groups in total. The summed E-state index contributed by atoms with van der Waals surface area (Å²) in [5, 5.41) is 8.11. The van der Waals surface area contributed by atoms with E-state index < -0.39 is 23.6 Å². The van der Waals surface area contributed by atoms with E-state index in [0.717, 1.165) is 31.5 Å². The average Bonchev–Trinajstić information content (AvgIpc) is 2.46. The van der Waals surface area contributed by atoms with Crippen LogP contribution in [-0.4, -0.2) is 30.9 Å². The second-order valence-electron chi connectivity index (χ2n) is 5.49. The number of rotatable bonds is 3. The Balaban J connectivity index is 0.00000288. The minimum absolute atomic E-state index is 0. The van der Waals surface area contributed by atoms with Gasteiger partial charge in [-0.1, -0.05) is 0 Å². The largest absolute Gasteiger partial charge is 0.416 e. The van der Waals surface area contributed by atoms with E-state index in [4.69, 9.17) is 0 Å². The van der Waals surface area contributed by atoms with E-state index >= 15 is 0 Å². The first-order valence-corrected chi connectivity index (χ1v) is 7.27. The zero-order valence-electron chi connectivity index (χ0n) is 13.0. The van der Waals surface area contributed by atoms with Crippen LogP contribution >= 0.6 is 12.4 Å². The number of hydrogen-bond acceptors (Lipinski definition) is 3. The van der Waals surface area contributed by atoms with Crippen LogP contribution in [0, 0.1) is 0 Å². The lowest BCUT2D eigenvalue weighted by atomic mass is 10.0. The molecule has 134 valence electrons. The molecular weight excluding hydrogens is 347 g/mol. The lowest BCUT2D eigenvalue weighted by Crippen LogP contribution is -2.45. The van der Waals surface area contributed by atoms with Gasteiger partial charge >= 0.3 is 6.18 Å². The normalized spacial score (nSPS) is 17.6. The van der Waals surface area contributed by atoms with Crippen molar-refractivity contribution >= 4 is 29.9 Å². The number of anilines is 1. The molecule has 24 heavy (non-hydrogen) atoms. The third-order valence-corrected chi connectivity index (χ3v) is 3.47. The van der Waals surface area contributed by atoms with Crippen molar-refractivity contribution in [2.24, 2.45) is 0 Å². The number of piperidine rings is 1. The van der Waals surface area contributed by atoms with Crippen molar-refractivity contribution in [1.29, 1.82) is 0 Å². The molecule has 1 atom stereocenters. The summed E-state index contributed by atoms with van der Waals surface area (Å²) in [4.78, 5) is 23.3. The maximum absolute atomic E-state index is 13.0. The highest BCUT2D eigenvalue weighted by molar-refractivity contribution is 5.97. The fourth-order valence-electron chi connectivity index (χ4n) is 2.44. The van der Waals surface area contributed by atoms with E-state index in [-0.39, 0.29) is 29.7 Å². The molecule has 1 saturated heterocycles. The number of carbonyl (C=O) groups is 2. The molecule has 1 aromatic rings. The average molecular weight is 366 g/mol. The quantitative estimate of drug-likeness (QED) is 0.771. The first kappa shape index (κ1) is 20.2. The topological polar surface area (TPSA) is 70.2 Å². The third kappa shape index (κ3) is 5.68. The molecule has 0 saturated carbocycles. The molecule has 9 heteroatoms. The minimum atomic E-state index is -4.60. The summed E-state index contributed by atoms with van der Waals surface area (Å²) in [5.74, 6) is -1.09. The van der Waals surface area contributed by atoms with Gasteiger partial charge < -0.3 is 16.0 Å². The van der Waals surface area contributed by atoms with Crippen LogP contribution in [0.3, 0.4) is 0 Å². The summed E-state index contributed by atoms with van der Waals surface area (Å²) in [6.07, 6.45) is -2.93. The van der Waals surface area contributed by atoms with Gasteiger partial charge in [0.25, 0.3) is 5.91 Å². The van der Waals surface area contributed by atoms with E-state index in [1.807, 2.05) is 0 Å². The first-order chi connectivity index (χ1) is 10.8. The highest BCUT2D eigenvalue weighted by Crippen LogP contribution is 2.32. The number of alkyl halides is 3. The van der Waals surface area contributed by atoms with Crippen LogP contribution < -0.4 is 16.0 Å². The van der Waals surface area contributed by atoms with Crippen molar-refractivity contribution in [3.05, 3.63) is 29.3 Å². The van der Waals surface area contributed by atoms with Crippen LogP contribution in [0.5, 0.6) is 0 Å². The van der Waals surface area contributed by atoms with E-state index in [1.165, 1.54) is 13.0 Å². The standard InChI is InChI=1S/C15H18F3N3O2.ClH/c1-9(22)20-13-6-10(5-11(7-13)15(16,17)18)14(23)21-12-3-2-4-19-8-12;/h5-7,12,19H,2-4,8H2,1H3,(H,20,22)(H,21,23);1H/t12-;/m0./s1. The Morgan fingerprint density at radius 3 is 2.50 bits per heavy atom.